The van der Waals surface area contributed by atoms with Gasteiger partial charge in [0.1, 0.15) is 11.2 Å². The summed E-state index contributed by atoms with van der Waals surface area (Å²) in [6, 6.07) is 60.5. The molecular weight excluding hydrogens is 937 g/mol. The Morgan fingerprint density at radius 2 is 0.743 bits per heavy atom. The van der Waals surface area contributed by atoms with Crippen LogP contribution in [0.3, 0.4) is 0 Å². The molecular formula is C66H39F6NO. The quantitative estimate of drug-likeness (QED) is 0.106. The lowest BCUT2D eigenvalue weighted by Gasteiger charge is -2.36. The summed E-state index contributed by atoms with van der Waals surface area (Å²) in [6.45, 7) is 7.90. The summed E-state index contributed by atoms with van der Waals surface area (Å²) in [4.78, 5) is 2.05. The molecule has 0 bridgehead atoms. The summed E-state index contributed by atoms with van der Waals surface area (Å²) in [5.74, 6) is -8.45. The second-order valence-corrected chi connectivity index (χ2v) is 18.8. The monoisotopic (exact) mass is 975 g/mol. The van der Waals surface area contributed by atoms with Crippen LogP contribution in [0.5, 0.6) is 0 Å². The first-order chi connectivity index (χ1) is 36.0. The first-order valence-electron chi connectivity index (χ1n) is 24.0. The smallest absolute Gasteiger partial charge is 0.194 e. The van der Waals surface area contributed by atoms with Gasteiger partial charge in [-0.2, -0.15) is 0 Å². The maximum atomic E-state index is 15.8. The fraction of sp³-hybridized carbons (Fsp3) is 0.0303. The predicted molar refractivity (Wildman–Crippen MR) is 283 cm³/mol. The van der Waals surface area contributed by atoms with E-state index in [1.807, 2.05) is 181 Å². The Kier molecular flexibility index (Phi) is 10.1. The number of hydrogen-bond acceptors (Lipinski definition) is 2. The fourth-order valence-corrected chi connectivity index (χ4v) is 12.0. The number of benzene rings is 10. The van der Waals surface area contributed by atoms with Crippen LogP contribution in [0.1, 0.15) is 55.6 Å². The first-order valence-corrected chi connectivity index (χ1v) is 24.0. The third-order valence-electron chi connectivity index (χ3n) is 15.2. The van der Waals surface area contributed by atoms with Crippen molar-refractivity contribution in [3.63, 3.8) is 0 Å². The maximum Gasteiger partial charge on any atom is 0.194 e. The topological polar surface area (TPSA) is 16.4 Å². The average molecular weight is 976 g/mol. The summed E-state index contributed by atoms with van der Waals surface area (Å²) >= 11 is 0. The Morgan fingerprint density at radius 3 is 1.22 bits per heavy atom. The van der Waals surface area contributed by atoms with Gasteiger partial charge >= 0.3 is 0 Å². The Morgan fingerprint density at radius 1 is 0.351 bits per heavy atom. The maximum absolute atomic E-state index is 15.8. The number of fused-ring (bicyclic) bond motifs is 9. The van der Waals surface area contributed by atoms with E-state index < -0.39 is 45.7 Å². The zero-order valence-electron chi connectivity index (χ0n) is 39.2. The average Bonchev–Trinajstić information content (AvgIpc) is 4.08. The van der Waals surface area contributed by atoms with E-state index in [2.05, 4.69) is 13.2 Å². The van der Waals surface area contributed by atoms with Gasteiger partial charge in [0, 0.05) is 33.9 Å². The SMILES string of the molecule is C=Cc1ccc(C2(c3cc(F)c(F)c(F)c3)c3ccccc3-c3ccc(N(c4ccc5c(c4)C(c4ccc(C=C)cc4)(c4cc(F)c(F)c(F)c4)c4ccccc4-5)c4ccc5c(c4)oc4ccccc45)cc32)cc1. The number of hydrogen-bond donors (Lipinski definition) is 0. The minimum atomic E-state index is -1.57. The van der Waals surface area contributed by atoms with Crippen molar-refractivity contribution in [2.75, 3.05) is 4.90 Å². The van der Waals surface area contributed by atoms with E-state index >= 15 is 26.3 Å². The molecule has 0 spiro atoms. The zero-order valence-corrected chi connectivity index (χ0v) is 39.2. The van der Waals surface area contributed by atoms with Gasteiger partial charge in [-0.05, 0) is 145 Å². The van der Waals surface area contributed by atoms with Crippen molar-refractivity contribution in [1.29, 1.82) is 0 Å². The molecule has 0 radical (unpaired) electrons. The van der Waals surface area contributed by atoms with Gasteiger partial charge in [0.25, 0.3) is 0 Å². The largest absolute Gasteiger partial charge is 0.456 e. The molecule has 356 valence electrons. The Hall–Kier alpha value is -9.14. The number of rotatable bonds is 9. The molecule has 2 unspecified atom stereocenters. The third kappa shape index (κ3) is 6.34. The van der Waals surface area contributed by atoms with Gasteiger partial charge in [-0.3, -0.25) is 0 Å². The van der Waals surface area contributed by atoms with Crippen molar-refractivity contribution in [1.82, 2.24) is 0 Å². The van der Waals surface area contributed by atoms with E-state index in [9.17, 15) is 0 Å². The molecule has 2 nitrogen and oxygen atoms in total. The first kappa shape index (κ1) is 44.8. The fourth-order valence-electron chi connectivity index (χ4n) is 12.0. The van der Waals surface area contributed by atoms with Gasteiger partial charge in [-0.15, -0.1) is 0 Å². The van der Waals surface area contributed by atoms with E-state index in [0.29, 0.717) is 50.5 Å². The van der Waals surface area contributed by atoms with Gasteiger partial charge < -0.3 is 9.32 Å². The normalized spacial score (nSPS) is 16.2. The summed E-state index contributed by atoms with van der Waals surface area (Å²) in [5, 5.41) is 1.83. The number of halogens is 6. The second-order valence-electron chi connectivity index (χ2n) is 18.8. The molecule has 74 heavy (non-hydrogen) atoms. The molecule has 0 aliphatic heterocycles. The standard InChI is InChI=1S/C66H39F6NO/c1-3-38-17-21-40(22-18-38)65(42-31-57(67)63(71)58(68)32-42)53-14-8-5-11-47(53)49-28-25-44(35-55(49)65)73(46-27-30-52-51-13-7-10-16-61(51)74-62(52)37-46)45-26-29-50-48-12-6-9-15-54(48)66(56(50)36-45,41-23-19-39(4-2)20-24-41)43-33-59(69)64(72)60(70)34-43/h3-37H,1-2H2. The molecule has 8 heteroatoms. The molecule has 10 aromatic carbocycles. The number of para-hydroxylation sites is 1. The summed E-state index contributed by atoms with van der Waals surface area (Å²) in [5.41, 5.74) is 9.87. The van der Waals surface area contributed by atoms with Gasteiger partial charge in [0.15, 0.2) is 34.9 Å². The van der Waals surface area contributed by atoms with Gasteiger partial charge in [0.05, 0.1) is 10.8 Å². The van der Waals surface area contributed by atoms with Crippen LogP contribution >= 0.6 is 0 Å². The molecule has 2 aliphatic rings. The molecule has 0 amide bonds. The van der Waals surface area contributed by atoms with Crippen molar-refractivity contribution in [2.45, 2.75) is 10.8 Å². The highest BCUT2D eigenvalue weighted by Gasteiger charge is 2.49. The molecule has 11 aromatic rings. The number of nitrogens with zero attached hydrogens (tertiary/aromatic N) is 1. The second kappa shape index (κ2) is 16.7. The van der Waals surface area contributed by atoms with Crippen LogP contribution in [0, 0.1) is 34.9 Å². The molecule has 13 rings (SSSR count). The van der Waals surface area contributed by atoms with Crippen molar-refractivity contribution >= 4 is 51.2 Å². The minimum absolute atomic E-state index is 0.181. The van der Waals surface area contributed by atoms with Gasteiger partial charge in [0.2, 0.25) is 0 Å². The molecule has 0 N–H and O–H groups in total. The van der Waals surface area contributed by atoms with Crippen molar-refractivity contribution in [3.05, 3.63) is 304 Å². The van der Waals surface area contributed by atoms with Crippen molar-refractivity contribution in [2.24, 2.45) is 0 Å². The van der Waals surface area contributed by atoms with Crippen LogP contribution in [0.25, 0.3) is 56.3 Å². The lowest BCUT2D eigenvalue weighted by Crippen LogP contribution is -2.30. The van der Waals surface area contributed by atoms with Gasteiger partial charge in [-0.1, -0.05) is 153 Å². The molecule has 0 saturated heterocycles. The van der Waals surface area contributed by atoms with Crippen molar-refractivity contribution in [3.8, 4) is 22.3 Å². The highest BCUT2D eigenvalue weighted by Crippen LogP contribution is 2.60. The zero-order chi connectivity index (χ0) is 50.6. The minimum Gasteiger partial charge on any atom is -0.456 e. The van der Waals surface area contributed by atoms with E-state index in [4.69, 9.17) is 4.42 Å². The van der Waals surface area contributed by atoms with Crippen LogP contribution in [0.15, 0.2) is 218 Å². The molecule has 2 aliphatic carbocycles. The van der Waals surface area contributed by atoms with Crippen LogP contribution in [-0.2, 0) is 10.8 Å². The summed E-state index contributed by atoms with van der Waals surface area (Å²) in [6.07, 6.45) is 3.42. The summed E-state index contributed by atoms with van der Waals surface area (Å²) < 4.78 is 99.9. The molecule has 0 fully saturated rings. The third-order valence-corrected chi connectivity index (χ3v) is 15.2. The predicted octanol–water partition coefficient (Wildman–Crippen LogP) is 17.9. The number of anilines is 3. The lowest BCUT2D eigenvalue weighted by atomic mass is 9.67. The van der Waals surface area contributed by atoms with E-state index in [1.165, 1.54) is 0 Å². The molecule has 0 saturated carbocycles. The Bertz CT molecular complexity index is 3900. The molecule has 1 aromatic heterocycles. The molecule has 2 atom stereocenters. The van der Waals surface area contributed by atoms with Crippen LogP contribution in [0.4, 0.5) is 43.4 Å². The van der Waals surface area contributed by atoms with E-state index in [-0.39, 0.29) is 11.1 Å². The van der Waals surface area contributed by atoms with E-state index in [1.54, 1.807) is 12.2 Å². The Labute approximate surface area is 422 Å². The number of furan rings is 1. The van der Waals surface area contributed by atoms with Crippen LogP contribution in [0.2, 0.25) is 0 Å². The van der Waals surface area contributed by atoms with Crippen LogP contribution < -0.4 is 4.90 Å². The highest BCUT2D eigenvalue weighted by atomic mass is 19.2. The molecule has 1 heterocycles. The Balaban J connectivity index is 1.12. The van der Waals surface area contributed by atoms with Gasteiger partial charge in [-0.25, -0.2) is 26.3 Å². The summed E-state index contributed by atoms with van der Waals surface area (Å²) in [7, 11) is 0. The highest BCUT2D eigenvalue weighted by molar-refractivity contribution is 6.06. The van der Waals surface area contributed by atoms with E-state index in [0.717, 1.165) is 79.5 Å². The van der Waals surface area contributed by atoms with Crippen LogP contribution in [-0.4, -0.2) is 0 Å². The lowest BCUT2D eigenvalue weighted by molar-refractivity contribution is 0.443. The van der Waals surface area contributed by atoms with Crippen molar-refractivity contribution < 1.29 is 30.8 Å².